The van der Waals surface area contributed by atoms with Crippen LogP contribution in [0.3, 0.4) is 0 Å². The van der Waals surface area contributed by atoms with Crippen molar-refractivity contribution >= 4 is 27.3 Å². The topological polar surface area (TPSA) is 26.0 Å². The van der Waals surface area contributed by atoms with E-state index < -0.39 is 0 Å². The molecule has 1 aliphatic rings. The van der Waals surface area contributed by atoms with E-state index in [0.29, 0.717) is 0 Å². The second kappa shape index (κ2) is 4.11. The molecule has 0 amide bonds. The largest absolute Gasteiger partial charge is 0.324 e. The van der Waals surface area contributed by atoms with Crippen LogP contribution < -0.4 is 5.73 Å². The molecule has 72 valence electrons. The summed E-state index contributed by atoms with van der Waals surface area (Å²) in [7, 11) is 0. The summed E-state index contributed by atoms with van der Waals surface area (Å²) in [6, 6.07) is 2.40. The molecule has 2 N–H and O–H groups in total. The van der Waals surface area contributed by atoms with E-state index in [9.17, 15) is 0 Å². The summed E-state index contributed by atoms with van der Waals surface area (Å²) in [5.41, 5.74) is 7.40. The Morgan fingerprint density at radius 2 is 2.38 bits per heavy atom. The van der Waals surface area contributed by atoms with E-state index in [1.54, 1.807) is 11.3 Å². The molecule has 0 radical (unpaired) electrons. The molecule has 1 heterocycles. The van der Waals surface area contributed by atoms with Gasteiger partial charge in [0.1, 0.15) is 0 Å². The quantitative estimate of drug-likeness (QED) is 0.881. The Labute approximate surface area is 91.5 Å². The first-order valence-electron chi connectivity index (χ1n) is 4.75. The zero-order valence-corrected chi connectivity index (χ0v) is 9.90. The third-order valence-corrected chi connectivity index (χ3v) is 4.35. The number of hydrogen-bond acceptors (Lipinski definition) is 2. The number of halogens is 1. The Morgan fingerprint density at radius 1 is 1.62 bits per heavy atom. The van der Waals surface area contributed by atoms with Gasteiger partial charge in [0.05, 0.1) is 3.79 Å². The summed E-state index contributed by atoms with van der Waals surface area (Å²) in [5.74, 6) is 0.897. The monoisotopic (exact) mass is 259 g/mol. The summed E-state index contributed by atoms with van der Waals surface area (Å²) in [5, 5.41) is 2.16. The molecule has 1 unspecified atom stereocenters. The second-order valence-corrected chi connectivity index (χ2v) is 6.11. The van der Waals surface area contributed by atoms with Crippen molar-refractivity contribution < 1.29 is 0 Å². The van der Waals surface area contributed by atoms with Gasteiger partial charge in [0.15, 0.2) is 0 Å². The van der Waals surface area contributed by atoms with Crippen LogP contribution in [-0.4, -0.2) is 0 Å². The molecule has 1 saturated carbocycles. The maximum absolute atomic E-state index is 6.10. The molecule has 1 fully saturated rings. The molecule has 0 spiro atoms. The fourth-order valence-corrected chi connectivity index (χ4v) is 2.98. The van der Waals surface area contributed by atoms with E-state index in [0.717, 1.165) is 5.92 Å². The summed E-state index contributed by atoms with van der Waals surface area (Å²) in [6.07, 6.45) is 5.35. The first-order valence-corrected chi connectivity index (χ1v) is 6.42. The van der Waals surface area contributed by atoms with Crippen LogP contribution in [0.2, 0.25) is 0 Å². The van der Waals surface area contributed by atoms with Gasteiger partial charge in [-0.25, -0.2) is 0 Å². The molecule has 13 heavy (non-hydrogen) atoms. The summed E-state index contributed by atoms with van der Waals surface area (Å²) in [6.45, 7) is 0. The first kappa shape index (κ1) is 9.69. The van der Waals surface area contributed by atoms with Crippen LogP contribution in [0.4, 0.5) is 0 Å². The molecule has 1 aromatic rings. The van der Waals surface area contributed by atoms with Crippen molar-refractivity contribution in [1.29, 1.82) is 0 Å². The van der Waals surface area contributed by atoms with E-state index >= 15 is 0 Å². The molecular weight excluding hydrogens is 246 g/mol. The average molecular weight is 260 g/mol. The number of thiophene rings is 1. The first-order chi connectivity index (χ1) is 6.25. The van der Waals surface area contributed by atoms with Crippen LogP contribution in [0.15, 0.2) is 15.2 Å². The molecular formula is C10H14BrNS. The van der Waals surface area contributed by atoms with Gasteiger partial charge >= 0.3 is 0 Å². The van der Waals surface area contributed by atoms with Crippen molar-refractivity contribution in [3.63, 3.8) is 0 Å². The van der Waals surface area contributed by atoms with Gasteiger partial charge in [-0.05, 0) is 45.3 Å². The Morgan fingerprint density at radius 3 is 2.85 bits per heavy atom. The van der Waals surface area contributed by atoms with Gasteiger partial charge < -0.3 is 5.73 Å². The molecule has 1 aliphatic carbocycles. The van der Waals surface area contributed by atoms with Crippen LogP contribution in [-0.2, 0) is 0 Å². The third-order valence-electron chi connectivity index (χ3n) is 2.83. The van der Waals surface area contributed by atoms with Crippen molar-refractivity contribution in [1.82, 2.24) is 0 Å². The highest BCUT2D eigenvalue weighted by Gasteiger charge is 2.21. The van der Waals surface area contributed by atoms with E-state index in [1.807, 2.05) is 0 Å². The summed E-state index contributed by atoms with van der Waals surface area (Å²) < 4.78 is 1.19. The molecule has 1 aromatic heterocycles. The van der Waals surface area contributed by atoms with Gasteiger partial charge in [0, 0.05) is 6.04 Å². The van der Waals surface area contributed by atoms with Crippen LogP contribution in [0.5, 0.6) is 0 Å². The molecule has 0 aromatic carbocycles. The van der Waals surface area contributed by atoms with Crippen molar-refractivity contribution in [2.45, 2.75) is 31.7 Å². The lowest BCUT2D eigenvalue weighted by Crippen LogP contribution is -2.19. The maximum atomic E-state index is 6.10. The van der Waals surface area contributed by atoms with Crippen molar-refractivity contribution in [2.24, 2.45) is 11.7 Å². The molecule has 3 heteroatoms. The molecule has 1 atom stereocenters. The summed E-state index contributed by atoms with van der Waals surface area (Å²) in [4.78, 5) is 0. The van der Waals surface area contributed by atoms with E-state index in [4.69, 9.17) is 5.73 Å². The lowest BCUT2D eigenvalue weighted by molar-refractivity contribution is 0.277. The summed E-state index contributed by atoms with van der Waals surface area (Å²) >= 11 is 5.18. The SMILES string of the molecule is NC(CC1CCC1)c1csc(Br)c1. The molecule has 0 saturated heterocycles. The Balaban J connectivity index is 1.92. The highest BCUT2D eigenvalue weighted by molar-refractivity contribution is 9.11. The average Bonchev–Trinajstić information content (AvgIpc) is 2.44. The van der Waals surface area contributed by atoms with E-state index in [-0.39, 0.29) is 6.04 Å². The van der Waals surface area contributed by atoms with Gasteiger partial charge in [-0.1, -0.05) is 19.3 Å². The van der Waals surface area contributed by atoms with Gasteiger partial charge in [-0.3, -0.25) is 0 Å². The highest BCUT2D eigenvalue weighted by atomic mass is 79.9. The fourth-order valence-electron chi connectivity index (χ4n) is 1.74. The van der Waals surface area contributed by atoms with Crippen molar-refractivity contribution in [3.05, 3.63) is 20.8 Å². The predicted molar refractivity (Wildman–Crippen MR) is 60.9 cm³/mol. The van der Waals surface area contributed by atoms with Crippen molar-refractivity contribution in [2.75, 3.05) is 0 Å². The Bertz CT molecular complexity index is 280. The molecule has 2 rings (SSSR count). The molecule has 0 aliphatic heterocycles. The minimum absolute atomic E-state index is 0.257. The Kier molecular flexibility index (Phi) is 3.06. The zero-order valence-electron chi connectivity index (χ0n) is 7.50. The normalized spacial score (nSPS) is 19.8. The standard InChI is InChI=1S/C10H14BrNS/c11-10-5-8(6-13-10)9(12)4-7-2-1-3-7/h5-7,9H,1-4,12H2. The minimum atomic E-state index is 0.257. The van der Waals surface area contributed by atoms with Crippen LogP contribution in [0.25, 0.3) is 0 Å². The third kappa shape index (κ3) is 2.33. The molecule has 0 bridgehead atoms. The number of rotatable bonds is 3. The highest BCUT2D eigenvalue weighted by Crippen LogP contribution is 2.35. The van der Waals surface area contributed by atoms with Crippen molar-refractivity contribution in [3.8, 4) is 0 Å². The lowest BCUT2D eigenvalue weighted by atomic mass is 9.80. The number of hydrogen-bond donors (Lipinski definition) is 1. The van der Waals surface area contributed by atoms with Crippen LogP contribution >= 0.6 is 27.3 Å². The maximum Gasteiger partial charge on any atom is 0.0701 e. The van der Waals surface area contributed by atoms with E-state index in [1.165, 1.54) is 35.0 Å². The predicted octanol–water partition coefficient (Wildman–Crippen LogP) is 3.70. The van der Waals surface area contributed by atoms with Crippen LogP contribution in [0.1, 0.15) is 37.3 Å². The molecule has 1 nitrogen and oxygen atoms in total. The van der Waals surface area contributed by atoms with Gasteiger partial charge in [0.2, 0.25) is 0 Å². The zero-order chi connectivity index (χ0) is 9.26. The second-order valence-electron chi connectivity index (χ2n) is 3.82. The Hall–Kier alpha value is 0.140. The van der Waals surface area contributed by atoms with Gasteiger partial charge in [-0.15, -0.1) is 11.3 Å². The smallest absolute Gasteiger partial charge is 0.0701 e. The minimum Gasteiger partial charge on any atom is -0.324 e. The van der Waals surface area contributed by atoms with Crippen LogP contribution in [0, 0.1) is 5.92 Å². The number of nitrogens with two attached hydrogens (primary N) is 1. The van der Waals surface area contributed by atoms with Gasteiger partial charge in [0.25, 0.3) is 0 Å². The fraction of sp³-hybridized carbons (Fsp3) is 0.600. The van der Waals surface area contributed by atoms with E-state index in [2.05, 4.69) is 27.4 Å². The lowest BCUT2D eigenvalue weighted by Gasteiger charge is -2.27. The van der Waals surface area contributed by atoms with Gasteiger partial charge in [-0.2, -0.15) is 0 Å².